The minimum atomic E-state index is -0.573. The van der Waals surface area contributed by atoms with Gasteiger partial charge in [-0.05, 0) is 18.1 Å². The maximum absolute atomic E-state index is 13.2. The van der Waals surface area contributed by atoms with Gasteiger partial charge >= 0.3 is 0 Å². The van der Waals surface area contributed by atoms with Gasteiger partial charge in [-0.2, -0.15) is 0 Å². The maximum atomic E-state index is 13.2. The largest absolute Gasteiger partial charge is 0.391 e. The number of carbonyl (C=O) groups is 1. The number of hydrogen-bond donors (Lipinski definition) is 2. The highest BCUT2D eigenvalue weighted by Gasteiger charge is 2.09. The second-order valence-corrected chi connectivity index (χ2v) is 4.41. The highest BCUT2D eigenvalue weighted by Crippen LogP contribution is 2.07. The molecule has 1 atom stereocenters. The van der Waals surface area contributed by atoms with E-state index in [9.17, 15) is 14.3 Å². The van der Waals surface area contributed by atoms with Gasteiger partial charge in [0.2, 0.25) is 5.91 Å². The van der Waals surface area contributed by atoms with Gasteiger partial charge in [-0.1, -0.05) is 32.0 Å². The Kier molecular flexibility index (Phi) is 5.52. The monoisotopic (exact) mass is 251 g/mol. The number of nitrogens with one attached hydrogen (secondary N) is 1. The summed E-state index contributed by atoms with van der Waals surface area (Å²) in [6.45, 7) is 3.93. The van der Waals surface area contributed by atoms with Crippen molar-refractivity contribution in [2.75, 3.05) is 6.54 Å². The summed E-state index contributed by atoms with van der Waals surface area (Å²) in [5.41, 5.74) is 0.358. The van der Waals surface area contributed by atoms with E-state index in [1.165, 1.54) is 18.2 Å². The zero-order valence-corrected chi connectivity index (χ0v) is 10.6. The molecule has 3 nitrogen and oxygen atoms in total. The molecule has 0 heterocycles. The molecule has 2 N–H and O–H groups in total. The van der Waals surface area contributed by atoms with E-state index in [0.717, 1.165) is 0 Å². The zero-order chi connectivity index (χ0) is 13.5. The van der Waals surface area contributed by atoms with E-state index >= 15 is 0 Å². The third-order valence-electron chi connectivity index (χ3n) is 2.57. The van der Waals surface area contributed by atoms with Crippen molar-refractivity contribution in [2.45, 2.75) is 20.0 Å². The molecule has 0 saturated heterocycles. The number of rotatable bonds is 5. The normalized spacial score (nSPS) is 12.9. The molecule has 18 heavy (non-hydrogen) atoms. The van der Waals surface area contributed by atoms with E-state index in [4.69, 9.17) is 0 Å². The van der Waals surface area contributed by atoms with Gasteiger partial charge < -0.3 is 10.4 Å². The Hall–Kier alpha value is -1.68. The van der Waals surface area contributed by atoms with Crippen molar-refractivity contribution in [2.24, 2.45) is 5.92 Å². The molecule has 0 aliphatic heterocycles. The molecule has 98 valence electrons. The fourth-order valence-electron chi connectivity index (χ4n) is 1.28. The average molecular weight is 251 g/mol. The van der Waals surface area contributed by atoms with Crippen LogP contribution in [0.15, 0.2) is 30.3 Å². The van der Waals surface area contributed by atoms with Crippen LogP contribution in [0.4, 0.5) is 4.39 Å². The second kappa shape index (κ2) is 6.91. The Bertz CT molecular complexity index is 430. The maximum Gasteiger partial charge on any atom is 0.244 e. The summed E-state index contributed by atoms with van der Waals surface area (Å²) < 4.78 is 13.2. The molecule has 0 bridgehead atoms. The predicted octanol–water partition coefficient (Wildman–Crippen LogP) is 1.97. The smallest absolute Gasteiger partial charge is 0.244 e. The van der Waals surface area contributed by atoms with Crippen molar-refractivity contribution >= 4 is 12.0 Å². The fourth-order valence-corrected chi connectivity index (χ4v) is 1.28. The molecule has 0 radical (unpaired) electrons. The van der Waals surface area contributed by atoms with Gasteiger partial charge in [0, 0.05) is 18.2 Å². The van der Waals surface area contributed by atoms with Crippen molar-refractivity contribution in [3.8, 4) is 0 Å². The van der Waals surface area contributed by atoms with Crippen LogP contribution < -0.4 is 5.32 Å². The molecule has 0 fully saturated rings. The van der Waals surface area contributed by atoms with Gasteiger partial charge in [0.15, 0.2) is 0 Å². The number of aliphatic hydroxyl groups excluding tert-OH is 1. The molecular weight excluding hydrogens is 233 g/mol. The van der Waals surface area contributed by atoms with Crippen LogP contribution >= 0.6 is 0 Å². The van der Waals surface area contributed by atoms with Gasteiger partial charge in [-0.3, -0.25) is 4.79 Å². The van der Waals surface area contributed by atoms with Crippen LogP contribution in [0.3, 0.4) is 0 Å². The van der Waals surface area contributed by atoms with E-state index in [1.807, 2.05) is 13.8 Å². The van der Waals surface area contributed by atoms with Gasteiger partial charge in [-0.25, -0.2) is 4.39 Å². The SMILES string of the molecule is CC(C)C(O)CNC(=O)/C=C/c1ccccc1F. The minimum absolute atomic E-state index is 0.0841. The predicted molar refractivity (Wildman–Crippen MR) is 69.3 cm³/mol. The molecule has 0 aliphatic carbocycles. The molecule has 4 heteroatoms. The quantitative estimate of drug-likeness (QED) is 0.786. The third-order valence-corrected chi connectivity index (χ3v) is 2.57. The Morgan fingerprint density at radius 1 is 1.44 bits per heavy atom. The second-order valence-electron chi connectivity index (χ2n) is 4.41. The first-order chi connectivity index (χ1) is 8.50. The average Bonchev–Trinajstić information content (AvgIpc) is 2.34. The van der Waals surface area contributed by atoms with Crippen LogP contribution in [-0.4, -0.2) is 23.7 Å². The molecule has 0 aliphatic rings. The Balaban J connectivity index is 2.48. The van der Waals surface area contributed by atoms with E-state index < -0.39 is 6.10 Å². The minimum Gasteiger partial charge on any atom is -0.391 e. The lowest BCUT2D eigenvalue weighted by molar-refractivity contribution is -0.117. The highest BCUT2D eigenvalue weighted by atomic mass is 19.1. The van der Waals surface area contributed by atoms with E-state index in [-0.39, 0.29) is 24.2 Å². The molecular formula is C14H18FNO2. The molecule has 0 aromatic heterocycles. The molecule has 1 unspecified atom stereocenters. The van der Waals surface area contributed by atoms with Crippen LogP contribution in [0.25, 0.3) is 6.08 Å². The first-order valence-corrected chi connectivity index (χ1v) is 5.89. The lowest BCUT2D eigenvalue weighted by Crippen LogP contribution is -2.33. The van der Waals surface area contributed by atoms with Gasteiger partial charge in [0.05, 0.1) is 6.10 Å². The summed E-state index contributed by atoms with van der Waals surface area (Å²) in [5, 5.41) is 12.1. The standard InChI is InChI=1S/C14H18FNO2/c1-10(2)13(17)9-16-14(18)8-7-11-5-3-4-6-12(11)15/h3-8,10,13,17H,9H2,1-2H3,(H,16,18)/b8-7+. The molecule has 0 saturated carbocycles. The molecule has 1 amide bonds. The summed E-state index contributed by atoms with van der Waals surface area (Å²) in [5.74, 6) is -0.637. The van der Waals surface area contributed by atoms with E-state index in [1.54, 1.807) is 18.2 Å². The van der Waals surface area contributed by atoms with Crippen LogP contribution in [0.5, 0.6) is 0 Å². The van der Waals surface area contributed by atoms with Crippen molar-refractivity contribution in [3.63, 3.8) is 0 Å². The number of aliphatic hydroxyl groups is 1. The molecule has 1 rings (SSSR count). The number of amides is 1. The van der Waals surface area contributed by atoms with Crippen molar-refractivity contribution in [3.05, 3.63) is 41.7 Å². The number of benzene rings is 1. The Labute approximate surface area is 106 Å². The van der Waals surface area contributed by atoms with Gasteiger partial charge in [0.1, 0.15) is 5.82 Å². The lowest BCUT2D eigenvalue weighted by Gasteiger charge is -2.13. The van der Waals surface area contributed by atoms with E-state index in [2.05, 4.69) is 5.32 Å². The highest BCUT2D eigenvalue weighted by molar-refractivity contribution is 5.91. The summed E-state index contributed by atoms with van der Waals surface area (Å²) in [7, 11) is 0. The lowest BCUT2D eigenvalue weighted by atomic mass is 10.1. The molecule has 0 spiro atoms. The fraction of sp³-hybridized carbons (Fsp3) is 0.357. The molecule has 1 aromatic carbocycles. The third kappa shape index (κ3) is 4.67. The topological polar surface area (TPSA) is 49.3 Å². The number of halogens is 1. The first-order valence-electron chi connectivity index (χ1n) is 5.89. The number of hydrogen-bond acceptors (Lipinski definition) is 2. The van der Waals surface area contributed by atoms with Crippen LogP contribution in [-0.2, 0) is 4.79 Å². The van der Waals surface area contributed by atoms with E-state index in [0.29, 0.717) is 5.56 Å². The van der Waals surface area contributed by atoms with Crippen LogP contribution in [0.2, 0.25) is 0 Å². The Morgan fingerprint density at radius 3 is 2.72 bits per heavy atom. The summed E-state index contributed by atoms with van der Waals surface area (Å²) in [6.07, 6.45) is 2.09. The summed E-state index contributed by atoms with van der Waals surface area (Å²) in [6, 6.07) is 6.21. The van der Waals surface area contributed by atoms with Crippen LogP contribution in [0, 0.1) is 11.7 Å². The summed E-state index contributed by atoms with van der Waals surface area (Å²) >= 11 is 0. The number of carbonyl (C=O) groups excluding carboxylic acids is 1. The molecule has 1 aromatic rings. The summed E-state index contributed by atoms with van der Waals surface area (Å²) in [4.78, 5) is 11.4. The van der Waals surface area contributed by atoms with Gasteiger partial charge in [-0.15, -0.1) is 0 Å². The zero-order valence-electron chi connectivity index (χ0n) is 10.6. The van der Waals surface area contributed by atoms with Crippen molar-refractivity contribution in [1.82, 2.24) is 5.32 Å². The van der Waals surface area contributed by atoms with Gasteiger partial charge in [0.25, 0.3) is 0 Å². The van der Waals surface area contributed by atoms with Crippen molar-refractivity contribution < 1.29 is 14.3 Å². The van der Waals surface area contributed by atoms with Crippen LogP contribution in [0.1, 0.15) is 19.4 Å². The van der Waals surface area contributed by atoms with Crippen molar-refractivity contribution in [1.29, 1.82) is 0 Å². The Morgan fingerprint density at radius 2 is 2.11 bits per heavy atom. The first kappa shape index (κ1) is 14.4.